The van der Waals surface area contributed by atoms with Crippen LogP contribution in [-0.4, -0.2) is 43.7 Å². The lowest BCUT2D eigenvalue weighted by Gasteiger charge is -2.21. The van der Waals surface area contributed by atoms with Crippen molar-refractivity contribution in [3.63, 3.8) is 0 Å². The maximum Gasteiger partial charge on any atom is 0.229 e. The van der Waals surface area contributed by atoms with Gasteiger partial charge in [0.15, 0.2) is 17.3 Å². The monoisotopic (exact) mass is 279 g/mol. The van der Waals surface area contributed by atoms with E-state index in [-0.39, 0.29) is 24.7 Å². The molecule has 1 unspecified atom stereocenters. The number of nitrogens with zero attached hydrogens (tertiary/aromatic N) is 1. The summed E-state index contributed by atoms with van der Waals surface area (Å²) in [7, 11) is 2.96. The molecule has 2 rings (SSSR count). The second kappa shape index (κ2) is 5.50. The van der Waals surface area contributed by atoms with Crippen molar-refractivity contribution >= 4 is 17.4 Å². The molecule has 1 amide bonds. The van der Waals surface area contributed by atoms with Crippen LogP contribution in [0.25, 0.3) is 0 Å². The summed E-state index contributed by atoms with van der Waals surface area (Å²) in [5.41, 5.74) is 0.807. The van der Waals surface area contributed by atoms with E-state index in [0.29, 0.717) is 22.7 Å². The summed E-state index contributed by atoms with van der Waals surface area (Å²) in [6, 6.07) is 3.14. The molecule has 1 aromatic rings. The lowest BCUT2D eigenvalue weighted by molar-refractivity contribution is -0.117. The number of amides is 1. The number of ether oxygens (including phenoxy) is 2. The lowest BCUT2D eigenvalue weighted by atomic mass is 10.1. The molecule has 0 bridgehead atoms. The molecule has 1 aromatic carbocycles. The predicted octanol–water partition coefficient (Wildman–Crippen LogP) is 1.00. The van der Waals surface area contributed by atoms with Gasteiger partial charge in [-0.05, 0) is 13.0 Å². The summed E-state index contributed by atoms with van der Waals surface area (Å²) in [5.74, 6) is 0.456. The number of hydrogen-bond donors (Lipinski definition) is 1. The van der Waals surface area contributed by atoms with Crippen LogP contribution in [0.3, 0.4) is 0 Å². The highest BCUT2D eigenvalue weighted by molar-refractivity contribution is 6.06. The van der Waals surface area contributed by atoms with E-state index in [2.05, 4.69) is 0 Å². The first-order chi connectivity index (χ1) is 9.47. The topological polar surface area (TPSA) is 76.1 Å². The SMILES string of the molecule is COc1cc(C(C)=O)c(N2CC(O)CC2=O)cc1OC. The van der Waals surface area contributed by atoms with Gasteiger partial charge in [0.25, 0.3) is 0 Å². The van der Waals surface area contributed by atoms with Gasteiger partial charge in [0.05, 0.1) is 39.0 Å². The van der Waals surface area contributed by atoms with E-state index < -0.39 is 6.10 Å². The van der Waals surface area contributed by atoms with Crippen molar-refractivity contribution in [1.29, 1.82) is 0 Å². The Balaban J connectivity index is 2.55. The van der Waals surface area contributed by atoms with Gasteiger partial charge in [-0.15, -0.1) is 0 Å². The summed E-state index contributed by atoms with van der Waals surface area (Å²) < 4.78 is 10.4. The molecule has 1 atom stereocenters. The fourth-order valence-electron chi connectivity index (χ4n) is 2.30. The number of Topliss-reactive ketones (excluding diaryl/α,β-unsaturated/α-hetero) is 1. The highest BCUT2D eigenvalue weighted by Crippen LogP contribution is 2.36. The Morgan fingerprint density at radius 1 is 1.30 bits per heavy atom. The molecule has 1 aliphatic heterocycles. The largest absolute Gasteiger partial charge is 0.493 e. The molecule has 6 heteroatoms. The minimum atomic E-state index is -0.713. The number of aliphatic hydroxyl groups excluding tert-OH is 1. The second-order valence-corrected chi connectivity index (χ2v) is 4.64. The number of carbonyl (C=O) groups is 2. The summed E-state index contributed by atoms with van der Waals surface area (Å²) in [6.45, 7) is 1.59. The Labute approximate surface area is 116 Å². The molecule has 0 spiro atoms. The molecule has 108 valence electrons. The molecule has 6 nitrogen and oxygen atoms in total. The minimum absolute atomic E-state index is 0.0612. The second-order valence-electron chi connectivity index (χ2n) is 4.64. The van der Waals surface area contributed by atoms with E-state index in [9.17, 15) is 14.7 Å². The van der Waals surface area contributed by atoms with Crippen LogP contribution in [0.2, 0.25) is 0 Å². The van der Waals surface area contributed by atoms with Gasteiger partial charge in [0.2, 0.25) is 5.91 Å². The molecule has 20 heavy (non-hydrogen) atoms. The normalized spacial score (nSPS) is 18.3. The van der Waals surface area contributed by atoms with Crippen LogP contribution in [0.4, 0.5) is 5.69 Å². The number of methoxy groups -OCH3 is 2. The van der Waals surface area contributed by atoms with E-state index in [1.54, 1.807) is 12.1 Å². The molecular formula is C14H17NO5. The van der Waals surface area contributed by atoms with Gasteiger partial charge in [0.1, 0.15) is 0 Å². The minimum Gasteiger partial charge on any atom is -0.493 e. The average Bonchev–Trinajstić information content (AvgIpc) is 2.75. The summed E-state index contributed by atoms with van der Waals surface area (Å²) in [5, 5.41) is 9.58. The van der Waals surface area contributed by atoms with Gasteiger partial charge in [0, 0.05) is 11.6 Å². The smallest absolute Gasteiger partial charge is 0.229 e. The van der Waals surface area contributed by atoms with Crippen molar-refractivity contribution in [2.45, 2.75) is 19.4 Å². The molecule has 1 N–H and O–H groups in total. The van der Waals surface area contributed by atoms with Crippen molar-refractivity contribution in [2.75, 3.05) is 25.7 Å². The Morgan fingerprint density at radius 3 is 2.35 bits per heavy atom. The van der Waals surface area contributed by atoms with Gasteiger partial charge >= 0.3 is 0 Å². The van der Waals surface area contributed by atoms with E-state index in [4.69, 9.17) is 9.47 Å². The van der Waals surface area contributed by atoms with Crippen LogP contribution >= 0.6 is 0 Å². The van der Waals surface area contributed by atoms with Crippen molar-refractivity contribution in [3.8, 4) is 11.5 Å². The van der Waals surface area contributed by atoms with Crippen molar-refractivity contribution in [1.82, 2.24) is 0 Å². The Morgan fingerprint density at radius 2 is 1.90 bits per heavy atom. The first-order valence-corrected chi connectivity index (χ1v) is 6.23. The highest BCUT2D eigenvalue weighted by Gasteiger charge is 2.32. The number of carbonyl (C=O) groups excluding carboxylic acids is 2. The molecule has 0 saturated carbocycles. The fraction of sp³-hybridized carbons (Fsp3) is 0.429. The van der Waals surface area contributed by atoms with Gasteiger partial charge in [-0.25, -0.2) is 0 Å². The molecular weight excluding hydrogens is 262 g/mol. The maximum absolute atomic E-state index is 11.9. The van der Waals surface area contributed by atoms with Crippen molar-refractivity contribution < 1.29 is 24.2 Å². The van der Waals surface area contributed by atoms with E-state index >= 15 is 0 Å². The van der Waals surface area contributed by atoms with E-state index in [1.807, 2.05) is 0 Å². The highest BCUT2D eigenvalue weighted by atomic mass is 16.5. The number of benzene rings is 1. The van der Waals surface area contributed by atoms with E-state index in [0.717, 1.165) is 0 Å². The molecule has 0 aliphatic carbocycles. The number of aliphatic hydroxyl groups is 1. The van der Waals surface area contributed by atoms with Gasteiger partial charge in [-0.3, -0.25) is 9.59 Å². The zero-order valence-corrected chi connectivity index (χ0v) is 11.7. The zero-order valence-electron chi connectivity index (χ0n) is 11.7. The third kappa shape index (κ3) is 2.46. The Bertz CT molecular complexity index is 555. The number of rotatable bonds is 4. The quantitative estimate of drug-likeness (QED) is 0.832. The van der Waals surface area contributed by atoms with Crippen molar-refractivity contribution in [3.05, 3.63) is 17.7 Å². The van der Waals surface area contributed by atoms with Crippen LogP contribution in [0, 0.1) is 0 Å². The molecule has 1 fully saturated rings. The number of hydrogen-bond acceptors (Lipinski definition) is 5. The lowest BCUT2D eigenvalue weighted by Crippen LogP contribution is -2.27. The summed E-state index contributed by atoms with van der Waals surface area (Å²) >= 11 is 0. The molecule has 0 aromatic heterocycles. The van der Waals surface area contributed by atoms with Crippen LogP contribution in [0.15, 0.2) is 12.1 Å². The molecule has 1 heterocycles. The number of β-amino-alcohol motifs (C(OH)–C–C–N with tert-alkyl or cyclic N) is 1. The first kappa shape index (κ1) is 14.3. The Kier molecular flexibility index (Phi) is 3.94. The van der Waals surface area contributed by atoms with Gasteiger partial charge < -0.3 is 19.5 Å². The fourth-order valence-corrected chi connectivity index (χ4v) is 2.30. The predicted molar refractivity (Wildman–Crippen MR) is 72.5 cm³/mol. The van der Waals surface area contributed by atoms with Crippen LogP contribution < -0.4 is 14.4 Å². The number of anilines is 1. The molecule has 1 saturated heterocycles. The summed E-state index contributed by atoms with van der Waals surface area (Å²) in [6.07, 6.45) is -0.651. The average molecular weight is 279 g/mol. The molecule has 0 radical (unpaired) electrons. The van der Waals surface area contributed by atoms with E-state index in [1.165, 1.54) is 26.0 Å². The van der Waals surface area contributed by atoms with Crippen LogP contribution in [0.5, 0.6) is 11.5 Å². The van der Waals surface area contributed by atoms with Crippen LogP contribution in [-0.2, 0) is 4.79 Å². The third-order valence-corrected chi connectivity index (χ3v) is 3.28. The standard InChI is InChI=1S/C14H17NO5/c1-8(16)10-5-12(19-2)13(20-3)6-11(10)15-7-9(17)4-14(15)18/h5-6,9,17H,4,7H2,1-3H3. The third-order valence-electron chi connectivity index (χ3n) is 3.28. The summed E-state index contributed by atoms with van der Waals surface area (Å²) in [4.78, 5) is 25.1. The first-order valence-electron chi connectivity index (χ1n) is 6.23. The number of ketones is 1. The maximum atomic E-state index is 11.9. The van der Waals surface area contributed by atoms with Crippen LogP contribution in [0.1, 0.15) is 23.7 Å². The molecule has 1 aliphatic rings. The zero-order chi connectivity index (χ0) is 14.9. The van der Waals surface area contributed by atoms with Crippen molar-refractivity contribution in [2.24, 2.45) is 0 Å². The van der Waals surface area contributed by atoms with Gasteiger partial charge in [-0.1, -0.05) is 0 Å². The van der Waals surface area contributed by atoms with Gasteiger partial charge in [-0.2, -0.15) is 0 Å². The Hall–Kier alpha value is -2.08.